The van der Waals surface area contributed by atoms with Gasteiger partial charge in [-0.1, -0.05) is 0 Å². The van der Waals surface area contributed by atoms with Crippen LogP contribution in [0.2, 0.25) is 0 Å². The Kier molecular flexibility index (Phi) is 4.02. The van der Waals surface area contributed by atoms with E-state index in [2.05, 4.69) is 15.3 Å². The van der Waals surface area contributed by atoms with Gasteiger partial charge in [0.2, 0.25) is 5.95 Å². The zero-order valence-corrected chi connectivity index (χ0v) is 10.9. The zero-order chi connectivity index (χ0) is 13.7. The van der Waals surface area contributed by atoms with Crippen molar-refractivity contribution in [3.8, 4) is 11.5 Å². The highest BCUT2D eigenvalue weighted by Gasteiger charge is 2.05. The van der Waals surface area contributed by atoms with Gasteiger partial charge in [-0.15, -0.1) is 0 Å². The first-order valence-corrected chi connectivity index (χ1v) is 5.76. The maximum absolute atomic E-state index is 5.59. The van der Waals surface area contributed by atoms with Crippen LogP contribution in [0.1, 0.15) is 5.56 Å². The molecule has 1 aromatic heterocycles. The molecule has 0 amide bonds. The maximum Gasteiger partial charge on any atom is 0.224 e. The molecule has 0 aliphatic rings. The molecular weight excluding hydrogens is 244 g/mol. The molecule has 2 rings (SSSR count). The van der Waals surface area contributed by atoms with E-state index in [1.54, 1.807) is 26.5 Å². The minimum Gasteiger partial charge on any atom is -0.497 e. The van der Waals surface area contributed by atoms with Gasteiger partial charge in [-0.2, -0.15) is 4.98 Å². The molecule has 0 radical (unpaired) electrons. The molecule has 0 bridgehead atoms. The summed E-state index contributed by atoms with van der Waals surface area (Å²) in [7, 11) is 3.24. The molecule has 0 atom stereocenters. The van der Waals surface area contributed by atoms with Crippen molar-refractivity contribution < 1.29 is 9.47 Å². The Balaban J connectivity index is 2.11. The lowest BCUT2D eigenvalue weighted by Crippen LogP contribution is -2.06. The lowest BCUT2D eigenvalue weighted by molar-refractivity contribution is 0.391. The van der Waals surface area contributed by atoms with Crippen molar-refractivity contribution in [1.82, 2.24) is 9.97 Å². The van der Waals surface area contributed by atoms with Crippen molar-refractivity contribution in [1.29, 1.82) is 0 Å². The van der Waals surface area contributed by atoms with Crippen molar-refractivity contribution in [3.05, 3.63) is 36.0 Å². The van der Waals surface area contributed by atoms with Gasteiger partial charge in [-0.25, -0.2) is 4.98 Å². The highest BCUT2D eigenvalue weighted by molar-refractivity contribution is 5.43. The average molecular weight is 260 g/mol. The first kappa shape index (κ1) is 12.9. The van der Waals surface area contributed by atoms with Gasteiger partial charge in [-0.05, 0) is 18.2 Å². The molecule has 0 aliphatic heterocycles. The van der Waals surface area contributed by atoms with Gasteiger partial charge >= 0.3 is 0 Å². The van der Waals surface area contributed by atoms with E-state index in [1.165, 1.54) is 0 Å². The van der Waals surface area contributed by atoms with Crippen LogP contribution < -0.4 is 20.5 Å². The van der Waals surface area contributed by atoms with Crippen molar-refractivity contribution in [3.63, 3.8) is 0 Å². The molecule has 3 N–H and O–H groups in total. The maximum atomic E-state index is 5.59. The molecule has 1 heterocycles. The molecule has 6 heteroatoms. The number of methoxy groups -OCH3 is 2. The van der Waals surface area contributed by atoms with E-state index in [0.29, 0.717) is 18.3 Å². The molecule has 0 saturated carbocycles. The van der Waals surface area contributed by atoms with Gasteiger partial charge < -0.3 is 20.5 Å². The number of nitrogens with two attached hydrogens (primary N) is 1. The van der Waals surface area contributed by atoms with Crippen LogP contribution in [0.4, 0.5) is 11.8 Å². The Hall–Kier alpha value is -2.50. The van der Waals surface area contributed by atoms with Gasteiger partial charge in [0, 0.05) is 24.4 Å². The SMILES string of the molecule is COc1ccc(CNc2nccc(N)n2)c(OC)c1. The quantitative estimate of drug-likeness (QED) is 0.851. The van der Waals surface area contributed by atoms with Crippen LogP contribution in [0.5, 0.6) is 11.5 Å². The van der Waals surface area contributed by atoms with Gasteiger partial charge in [-0.3, -0.25) is 0 Å². The van der Waals surface area contributed by atoms with Gasteiger partial charge in [0.05, 0.1) is 14.2 Å². The zero-order valence-electron chi connectivity index (χ0n) is 10.9. The summed E-state index contributed by atoms with van der Waals surface area (Å²) in [5, 5.41) is 3.09. The summed E-state index contributed by atoms with van der Waals surface area (Å²) in [6, 6.07) is 7.27. The van der Waals surface area contributed by atoms with Crippen LogP contribution in [0.25, 0.3) is 0 Å². The second-order valence-electron chi connectivity index (χ2n) is 3.84. The minimum absolute atomic E-state index is 0.430. The van der Waals surface area contributed by atoms with E-state index in [4.69, 9.17) is 15.2 Å². The largest absolute Gasteiger partial charge is 0.497 e. The van der Waals surface area contributed by atoms with Crippen LogP contribution in [-0.4, -0.2) is 24.2 Å². The van der Waals surface area contributed by atoms with Crippen molar-refractivity contribution >= 4 is 11.8 Å². The number of nitrogen functional groups attached to an aromatic ring is 1. The number of hydrogen-bond donors (Lipinski definition) is 2. The molecule has 0 unspecified atom stereocenters. The highest BCUT2D eigenvalue weighted by atomic mass is 16.5. The standard InChI is InChI=1S/C13H16N4O2/c1-18-10-4-3-9(11(7-10)19-2)8-16-13-15-6-5-12(14)17-13/h3-7H,8H2,1-2H3,(H3,14,15,16,17). The smallest absolute Gasteiger partial charge is 0.224 e. The van der Waals surface area contributed by atoms with Crippen molar-refractivity contribution in [2.45, 2.75) is 6.54 Å². The van der Waals surface area contributed by atoms with E-state index >= 15 is 0 Å². The van der Waals surface area contributed by atoms with Crippen LogP contribution in [-0.2, 0) is 6.54 Å². The second kappa shape index (κ2) is 5.90. The number of aromatic nitrogens is 2. The molecule has 1 aromatic carbocycles. The fraction of sp³-hybridized carbons (Fsp3) is 0.231. The van der Waals surface area contributed by atoms with Crippen molar-refractivity contribution in [2.75, 3.05) is 25.3 Å². The summed E-state index contributed by atoms with van der Waals surface area (Å²) in [6.07, 6.45) is 1.61. The Morgan fingerprint density at radius 1 is 1.21 bits per heavy atom. The van der Waals surface area contributed by atoms with Crippen LogP contribution in [0.3, 0.4) is 0 Å². The third-order valence-electron chi connectivity index (χ3n) is 2.61. The summed E-state index contributed by atoms with van der Waals surface area (Å²) >= 11 is 0. The molecule has 0 fully saturated rings. The molecule has 0 aliphatic carbocycles. The number of nitrogens with zero attached hydrogens (tertiary/aromatic N) is 2. The number of benzene rings is 1. The topological polar surface area (TPSA) is 82.3 Å². The monoisotopic (exact) mass is 260 g/mol. The summed E-state index contributed by atoms with van der Waals surface area (Å²) in [6.45, 7) is 0.538. The highest BCUT2D eigenvalue weighted by Crippen LogP contribution is 2.24. The van der Waals surface area contributed by atoms with Gasteiger partial charge in [0.25, 0.3) is 0 Å². The Morgan fingerprint density at radius 2 is 2.05 bits per heavy atom. The number of anilines is 2. The Morgan fingerprint density at radius 3 is 2.74 bits per heavy atom. The molecule has 2 aromatic rings. The second-order valence-corrected chi connectivity index (χ2v) is 3.84. The lowest BCUT2D eigenvalue weighted by atomic mass is 10.2. The predicted molar refractivity (Wildman–Crippen MR) is 73.3 cm³/mol. The van der Waals surface area contributed by atoms with Gasteiger partial charge in [0.1, 0.15) is 17.3 Å². The fourth-order valence-corrected chi connectivity index (χ4v) is 1.63. The summed E-state index contributed by atoms with van der Waals surface area (Å²) in [4.78, 5) is 8.14. The minimum atomic E-state index is 0.430. The molecule has 6 nitrogen and oxygen atoms in total. The molecular formula is C13H16N4O2. The van der Waals surface area contributed by atoms with Crippen LogP contribution in [0, 0.1) is 0 Å². The normalized spacial score (nSPS) is 10.0. The van der Waals surface area contributed by atoms with Gasteiger partial charge in [0.15, 0.2) is 0 Å². The lowest BCUT2D eigenvalue weighted by Gasteiger charge is -2.11. The number of rotatable bonds is 5. The van der Waals surface area contributed by atoms with E-state index in [-0.39, 0.29) is 0 Å². The molecule has 100 valence electrons. The van der Waals surface area contributed by atoms with E-state index in [0.717, 1.165) is 17.1 Å². The van der Waals surface area contributed by atoms with E-state index in [1.807, 2.05) is 18.2 Å². The number of nitrogens with one attached hydrogen (secondary N) is 1. The first-order valence-electron chi connectivity index (χ1n) is 5.76. The third-order valence-corrected chi connectivity index (χ3v) is 2.61. The van der Waals surface area contributed by atoms with Crippen LogP contribution >= 0.6 is 0 Å². The third kappa shape index (κ3) is 3.25. The summed E-state index contributed by atoms with van der Waals surface area (Å²) < 4.78 is 10.5. The fourth-order valence-electron chi connectivity index (χ4n) is 1.63. The molecule has 19 heavy (non-hydrogen) atoms. The molecule has 0 spiro atoms. The number of ether oxygens (including phenoxy) is 2. The average Bonchev–Trinajstić information content (AvgIpc) is 2.45. The predicted octanol–water partition coefficient (Wildman–Crippen LogP) is 1.69. The first-order chi connectivity index (χ1) is 9.22. The summed E-state index contributed by atoms with van der Waals surface area (Å²) in [5.41, 5.74) is 6.57. The summed E-state index contributed by atoms with van der Waals surface area (Å²) in [5.74, 6) is 2.41. The molecule has 0 saturated heterocycles. The van der Waals surface area contributed by atoms with Crippen molar-refractivity contribution in [2.24, 2.45) is 0 Å². The van der Waals surface area contributed by atoms with E-state index in [9.17, 15) is 0 Å². The Labute approximate surface area is 111 Å². The van der Waals surface area contributed by atoms with Crippen LogP contribution in [0.15, 0.2) is 30.5 Å². The van der Waals surface area contributed by atoms with E-state index < -0.39 is 0 Å². The number of hydrogen-bond acceptors (Lipinski definition) is 6. The Bertz CT molecular complexity index is 560.